The van der Waals surface area contributed by atoms with E-state index in [0.29, 0.717) is 10.0 Å². The highest BCUT2D eigenvalue weighted by molar-refractivity contribution is 7.98. The summed E-state index contributed by atoms with van der Waals surface area (Å²) in [6, 6.07) is 5.82. The third-order valence-corrected chi connectivity index (χ3v) is 4.59. The van der Waals surface area contributed by atoms with Gasteiger partial charge < -0.3 is 5.32 Å². The number of benzene rings is 1. The van der Waals surface area contributed by atoms with Crippen molar-refractivity contribution in [3.8, 4) is 0 Å². The lowest BCUT2D eigenvalue weighted by molar-refractivity contribution is 0.385. The zero-order valence-electron chi connectivity index (χ0n) is 8.30. The molecule has 1 nitrogen and oxygen atoms in total. The fourth-order valence-corrected chi connectivity index (χ4v) is 3.08. The van der Waals surface area contributed by atoms with Crippen molar-refractivity contribution in [1.29, 1.82) is 0 Å². The van der Waals surface area contributed by atoms with Gasteiger partial charge in [0.1, 0.15) is 0 Å². The molecule has 1 aromatic rings. The Balaban J connectivity index is 1.84. The van der Waals surface area contributed by atoms with Crippen molar-refractivity contribution in [1.82, 2.24) is 5.32 Å². The number of rotatable bonds is 4. The Morgan fingerprint density at radius 2 is 2.13 bits per heavy atom. The van der Waals surface area contributed by atoms with Crippen LogP contribution in [0.5, 0.6) is 0 Å². The van der Waals surface area contributed by atoms with Gasteiger partial charge in [-0.2, -0.15) is 11.8 Å². The highest BCUT2D eigenvalue weighted by Crippen LogP contribution is 2.29. The second-order valence-electron chi connectivity index (χ2n) is 3.75. The minimum Gasteiger partial charge on any atom is -0.316 e. The fraction of sp³-hybridized carbons (Fsp3) is 0.455. The maximum atomic E-state index is 6.10. The fourth-order valence-electron chi connectivity index (χ4n) is 1.46. The van der Waals surface area contributed by atoms with Gasteiger partial charge in [0.05, 0.1) is 10.0 Å². The van der Waals surface area contributed by atoms with Crippen LogP contribution in [0.15, 0.2) is 18.2 Å². The first kappa shape index (κ1) is 11.6. The predicted molar refractivity (Wildman–Crippen MR) is 69.0 cm³/mol. The average molecular weight is 262 g/mol. The van der Waals surface area contributed by atoms with Gasteiger partial charge in [0.2, 0.25) is 0 Å². The quantitative estimate of drug-likeness (QED) is 0.892. The second-order valence-corrected chi connectivity index (χ2v) is 5.57. The Labute approximate surface area is 105 Å². The molecule has 0 bridgehead atoms. The first-order valence-corrected chi connectivity index (χ1v) is 6.90. The normalized spacial score (nSPS) is 16.4. The number of hydrogen-bond acceptors (Lipinski definition) is 2. The van der Waals surface area contributed by atoms with Gasteiger partial charge in [0.15, 0.2) is 0 Å². The largest absolute Gasteiger partial charge is 0.316 e. The summed E-state index contributed by atoms with van der Waals surface area (Å²) in [6.07, 6.45) is 0. The molecule has 0 aromatic heterocycles. The molecule has 1 aromatic carbocycles. The topological polar surface area (TPSA) is 12.0 Å². The summed E-state index contributed by atoms with van der Waals surface area (Å²) >= 11 is 14.0. The summed E-state index contributed by atoms with van der Waals surface area (Å²) in [5.74, 6) is 3.00. The van der Waals surface area contributed by atoms with E-state index in [-0.39, 0.29) is 0 Å². The van der Waals surface area contributed by atoms with Crippen molar-refractivity contribution in [2.75, 3.05) is 18.8 Å². The smallest absolute Gasteiger partial charge is 0.0632 e. The zero-order chi connectivity index (χ0) is 10.7. The molecule has 0 radical (unpaired) electrons. The number of thioether (sulfide) groups is 1. The lowest BCUT2D eigenvalue weighted by atomic mass is 10.1. The van der Waals surface area contributed by atoms with Crippen LogP contribution in [0.1, 0.15) is 5.56 Å². The number of nitrogens with one attached hydrogen (secondary N) is 1. The van der Waals surface area contributed by atoms with Crippen LogP contribution in [0, 0.1) is 5.92 Å². The molecule has 0 atom stereocenters. The van der Waals surface area contributed by atoms with Crippen molar-refractivity contribution in [3.63, 3.8) is 0 Å². The molecule has 1 aliphatic heterocycles. The van der Waals surface area contributed by atoms with Crippen LogP contribution in [0.2, 0.25) is 10.0 Å². The van der Waals surface area contributed by atoms with E-state index in [0.717, 1.165) is 30.3 Å². The summed E-state index contributed by atoms with van der Waals surface area (Å²) < 4.78 is 0. The molecule has 15 heavy (non-hydrogen) atoms. The molecule has 0 amide bonds. The average Bonchev–Trinajstić information content (AvgIpc) is 2.16. The van der Waals surface area contributed by atoms with Gasteiger partial charge in [-0.15, -0.1) is 0 Å². The maximum absolute atomic E-state index is 6.10. The summed E-state index contributed by atoms with van der Waals surface area (Å²) in [4.78, 5) is 0. The van der Waals surface area contributed by atoms with E-state index < -0.39 is 0 Å². The minimum atomic E-state index is 0.653. The van der Waals surface area contributed by atoms with Gasteiger partial charge in [-0.25, -0.2) is 0 Å². The van der Waals surface area contributed by atoms with Crippen LogP contribution in [0.4, 0.5) is 0 Å². The van der Waals surface area contributed by atoms with Gasteiger partial charge in [0, 0.05) is 5.75 Å². The van der Waals surface area contributed by atoms with Crippen LogP contribution in [-0.2, 0) is 5.75 Å². The van der Waals surface area contributed by atoms with E-state index in [1.165, 1.54) is 5.75 Å². The molecule has 1 heterocycles. The molecule has 1 fully saturated rings. The molecule has 82 valence electrons. The Hall–Kier alpha value is 0.110. The Morgan fingerprint density at radius 3 is 2.80 bits per heavy atom. The van der Waals surface area contributed by atoms with Gasteiger partial charge >= 0.3 is 0 Å². The van der Waals surface area contributed by atoms with E-state index in [1.54, 1.807) is 0 Å². The Bertz CT molecular complexity index is 339. The molecule has 0 spiro atoms. The van der Waals surface area contributed by atoms with Gasteiger partial charge in [-0.1, -0.05) is 35.3 Å². The van der Waals surface area contributed by atoms with Crippen molar-refractivity contribution < 1.29 is 0 Å². The summed E-state index contributed by atoms with van der Waals surface area (Å²) in [5, 5.41) is 4.63. The van der Waals surface area contributed by atoms with Crippen molar-refractivity contribution >= 4 is 35.0 Å². The third-order valence-electron chi connectivity index (χ3n) is 2.51. The summed E-state index contributed by atoms with van der Waals surface area (Å²) in [5.41, 5.74) is 1.14. The molecule has 0 aliphatic carbocycles. The van der Waals surface area contributed by atoms with Gasteiger partial charge in [-0.3, -0.25) is 0 Å². The summed E-state index contributed by atoms with van der Waals surface area (Å²) in [6.45, 7) is 2.33. The predicted octanol–water partition coefficient (Wildman–Crippen LogP) is 3.45. The molecule has 1 N–H and O–H groups in total. The van der Waals surface area contributed by atoms with E-state index in [9.17, 15) is 0 Å². The molecule has 1 saturated heterocycles. The maximum Gasteiger partial charge on any atom is 0.0632 e. The third kappa shape index (κ3) is 3.04. The first-order chi connectivity index (χ1) is 7.27. The summed E-state index contributed by atoms with van der Waals surface area (Å²) in [7, 11) is 0. The van der Waals surface area contributed by atoms with E-state index >= 15 is 0 Å². The highest BCUT2D eigenvalue weighted by atomic mass is 35.5. The molecule has 0 unspecified atom stereocenters. The minimum absolute atomic E-state index is 0.653. The van der Waals surface area contributed by atoms with E-state index in [4.69, 9.17) is 23.2 Å². The van der Waals surface area contributed by atoms with E-state index in [2.05, 4.69) is 5.32 Å². The molecule has 0 saturated carbocycles. The van der Waals surface area contributed by atoms with Crippen molar-refractivity contribution in [2.24, 2.45) is 5.92 Å². The SMILES string of the molecule is Clc1cccc(CSCC2CNC2)c1Cl. The van der Waals surface area contributed by atoms with Crippen LogP contribution < -0.4 is 5.32 Å². The number of hydrogen-bond donors (Lipinski definition) is 1. The highest BCUT2D eigenvalue weighted by Gasteiger charge is 2.16. The van der Waals surface area contributed by atoms with Crippen LogP contribution in [-0.4, -0.2) is 18.8 Å². The van der Waals surface area contributed by atoms with Gasteiger partial charge in [0.25, 0.3) is 0 Å². The molecule has 4 heteroatoms. The van der Waals surface area contributed by atoms with Crippen LogP contribution in [0.25, 0.3) is 0 Å². The van der Waals surface area contributed by atoms with Crippen LogP contribution in [0.3, 0.4) is 0 Å². The zero-order valence-corrected chi connectivity index (χ0v) is 10.6. The van der Waals surface area contributed by atoms with E-state index in [1.807, 2.05) is 30.0 Å². The standard InChI is InChI=1S/C11H13Cl2NS/c12-10-3-1-2-9(11(10)13)7-15-6-8-4-14-5-8/h1-3,8,14H,4-7H2. The first-order valence-electron chi connectivity index (χ1n) is 4.98. The lowest BCUT2D eigenvalue weighted by Crippen LogP contribution is -2.43. The number of halogens is 2. The van der Waals surface area contributed by atoms with Crippen LogP contribution >= 0.6 is 35.0 Å². The van der Waals surface area contributed by atoms with Crippen molar-refractivity contribution in [2.45, 2.75) is 5.75 Å². The van der Waals surface area contributed by atoms with Gasteiger partial charge in [-0.05, 0) is 36.4 Å². The molecular weight excluding hydrogens is 249 g/mol. The van der Waals surface area contributed by atoms with Crippen molar-refractivity contribution in [3.05, 3.63) is 33.8 Å². The molecule has 1 aliphatic rings. The lowest BCUT2D eigenvalue weighted by Gasteiger charge is -2.26. The Kier molecular flexibility index (Phi) is 4.21. The molecular formula is C11H13Cl2NS. The molecule has 2 rings (SSSR count). The second kappa shape index (κ2) is 5.44. The Morgan fingerprint density at radius 1 is 1.33 bits per heavy atom. The monoisotopic (exact) mass is 261 g/mol.